The highest BCUT2D eigenvalue weighted by Crippen LogP contribution is 2.27. The highest BCUT2D eigenvalue weighted by atomic mass is 16.6. The molecule has 1 heterocycles. The van der Waals surface area contributed by atoms with Gasteiger partial charge in [-0.05, 0) is 18.2 Å². The van der Waals surface area contributed by atoms with Gasteiger partial charge in [0.2, 0.25) is 0 Å². The van der Waals surface area contributed by atoms with Crippen molar-refractivity contribution in [2.24, 2.45) is 0 Å². The van der Waals surface area contributed by atoms with Crippen molar-refractivity contribution in [2.45, 2.75) is 0 Å². The number of aromatic hydroxyl groups is 1. The molecular formula is C11H8N2O3. The van der Waals surface area contributed by atoms with Gasteiger partial charge in [0, 0.05) is 17.8 Å². The molecule has 1 aromatic carbocycles. The van der Waals surface area contributed by atoms with Crippen LogP contribution in [-0.4, -0.2) is 15.0 Å². The molecule has 0 unspecified atom stereocenters. The van der Waals surface area contributed by atoms with Crippen molar-refractivity contribution < 1.29 is 10.0 Å². The minimum absolute atomic E-state index is 0.144. The Hall–Kier alpha value is -2.43. The first kappa shape index (κ1) is 10.1. The van der Waals surface area contributed by atoms with Crippen LogP contribution in [0.1, 0.15) is 0 Å². The fourth-order valence-electron chi connectivity index (χ4n) is 1.38. The van der Waals surface area contributed by atoms with Crippen molar-refractivity contribution in [3.05, 3.63) is 52.7 Å². The molecule has 0 atom stereocenters. The Morgan fingerprint density at radius 3 is 2.69 bits per heavy atom. The van der Waals surface area contributed by atoms with Crippen LogP contribution >= 0.6 is 0 Å². The number of phenolic OH excluding ortho intramolecular Hbond substituents is 1. The summed E-state index contributed by atoms with van der Waals surface area (Å²) in [4.78, 5) is 14.1. The summed E-state index contributed by atoms with van der Waals surface area (Å²) < 4.78 is 0. The van der Waals surface area contributed by atoms with Crippen molar-refractivity contribution in [1.82, 2.24) is 4.98 Å². The molecule has 16 heavy (non-hydrogen) atoms. The van der Waals surface area contributed by atoms with Gasteiger partial charge in [-0.25, -0.2) is 0 Å². The van der Waals surface area contributed by atoms with Gasteiger partial charge < -0.3 is 5.11 Å². The van der Waals surface area contributed by atoms with E-state index >= 15 is 0 Å². The lowest BCUT2D eigenvalue weighted by Gasteiger charge is -2.01. The molecule has 2 rings (SSSR count). The third-order valence-corrected chi connectivity index (χ3v) is 2.07. The zero-order valence-electron chi connectivity index (χ0n) is 8.20. The van der Waals surface area contributed by atoms with Gasteiger partial charge in [-0.1, -0.05) is 6.07 Å². The summed E-state index contributed by atoms with van der Waals surface area (Å²) in [5, 5.41) is 20.0. The molecule has 2 aromatic rings. The maximum absolute atomic E-state index is 10.6. The highest BCUT2D eigenvalue weighted by molar-refractivity contribution is 5.64. The summed E-state index contributed by atoms with van der Waals surface area (Å²) in [5.74, 6) is -0.144. The van der Waals surface area contributed by atoms with E-state index in [2.05, 4.69) is 4.98 Å². The smallest absolute Gasteiger partial charge is 0.273 e. The summed E-state index contributed by atoms with van der Waals surface area (Å²) in [5.41, 5.74) is 0.953. The van der Waals surface area contributed by atoms with E-state index in [9.17, 15) is 15.2 Å². The largest absolute Gasteiger partial charge is 0.508 e. The first-order chi connectivity index (χ1) is 7.66. The molecule has 80 valence electrons. The Morgan fingerprint density at radius 2 is 2.06 bits per heavy atom. The van der Waals surface area contributed by atoms with Crippen LogP contribution in [-0.2, 0) is 0 Å². The topological polar surface area (TPSA) is 76.3 Å². The van der Waals surface area contributed by atoms with E-state index in [0.717, 1.165) is 6.07 Å². The van der Waals surface area contributed by atoms with Gasteiger partial charge in [-0.15, -0.1) is 0 Å². The van der Waals surface area contributed by atoms with E-state index in [1.807, 2.05) is 0 Å². The van der Waals surface area contributed by atoms with Crippen LogP contribution < -0.4 is 0 Å². The summed E-state index contributed by atoms with van der Waals surface area (Å²) >= 11 is 0. The predicted molar refractivity (Wildman–Crippen MR) is 58.0 cm³/mol. The van der Waals surface area contributed by atoms with Gasteiger partial charge in [0.05, 0.1) is 16.7 Å². The predicted octanol–water partition coefficient (Wildman–Crippen LogP) is 2.36. The molecule has 1 N–H and O–H groups in total. The third kappa shape index (κ3) is 1.98. The molecule has 0 aliphatic carbocycles. The Kier molecular flexibility index (Phi) is 2.51. The standard InChI is InChI=1S/C11H8N2O3/c14-10-6-8(5-9(7-10)13(15)16)11-3-1-2-4-12-11/h1-7,14H. The number of non-ortho nitro benzene ring substituents is 1. The van der Waals surface area contributed by atoms with Crippen LogP contribution in [0.3, 0.4) is 0 Å². The van der Waals surface area contributed by atoms with E-state index in [-0.39, 0.29) is 11.4 Å². The summed E-state index contributed by atoms with van der Waals surface area (Å²) in [6.45, 7) is 0. The molecule has 5 nitrogen and oxygen atoms in total. The van der Waals surface area contributed by atoms with E-state index < -0.39 is 4.92 Å². The fraction of sp³-hybridized carbons (Fsp3) is 0. The molecule has 5 heteroatoms. The van der Waals surface area contributed by atoms with E-state index in [1.165, 1.54) is 12.1 Å². The molecule has 0 saturated heterocycles. The molecule has 0 fully saturated rings. The number of hydrogen-bond donors (Lipinski definition) is 1. The number of phenols is 1. The summed E-state index contributed by atoms with van der Waals surface area (Å²) in [7, 11) is 0. The second-order valence-electron chi connectivity index (χ2n) is 3.21. The number of pyridine rings is 1. The van der Waals surface area contributed by atoms with Crippen LogP contribution in [0.25, 0.3) is 11.3 Å². The van der Waals surface area contributed by atoms with E-state index in [0.29, 0.717) is 11.3 Å². The van der Waals surface area contributed by atoms with Crippen LogP contribution in [0.2, 0.25) is 0 Å². The quantitative estimate of drug-likeness (QED) is 0.617. The van der Waals surface area contributed by atoms with Crippen molar-refractivity contribution in [3.63, 3.8) is 0 Å². The molecule has 0 bridgehead atoms. The van der Waals surface area contributed by atoms with Gasteiger partial charge in [-0.2, -0.15) is 0 Å². The van der Waals surface area contributed by atoms with Gasteiger partial charge in [0.25, 0.3) is 5.69 Å². The van der Waals surface area contributed by atoms with Crippen molar-refractivity contribution >= 4 is 5.69 Å². The first-order valence-corrected chi connectivity index (χ1v) is 4.56. The summed E-state index contributed by atoms with van der Waals surface area (Å²) in [6.07, 6.45) is 1.59. The zero-order valence-corrected chi connectivity index (χ0v) is 8.20. The van der Waals surface area contributed by atoms with Gasteiger partial charge in [0.15, 0.2) is 0 Å². The number of nitro benzene ring substituents is 1. The fourth-order valence-corrected chi connectivity index (χ4v) is 1.38. The Labute approximate surface area is 91.2 Å². The van der Waals surface area contributed by atoms with Crippen LogP contribution in [0.5, 0.6) is 5.75 Å². The van der Waals surface area contributed by atoms with Crippen LogP contribution in [0.4, 0.5) is 5.69 Å². The summed E-state index contributed by atoms with van der Waals surface area (Å²) in [6, 6.07) is 9.17. The second-order valence-corrected chi connectivity index (χ2v) is 3.21. The molecule has 0 spiro atoms. The average Bonchev–Trinajstić information content (AvgIpc) is 2.29. The van der Waals surface area contributed by atoms with Gasteiger partial charge in [-0.3, -0.25) is 15.1 Å². The molecule has 0 amide bonds. The Balaban J connectivity index is 2.54. The molecular weight excluding hydrogens is 208 g/mol. The maximum Gasteiger partial charge on any atom is 0.273 e. The van der Waals surface area contributed by atoms with Gasteiger partial charge >= 0.3 is 0 Å². The minimum Gasteiger partial charge on any atom is -0.508 e. The Bertz CT molecular complexity index is 526. The Morgan fingerprint density at radius 1 is 1.25 bits per heavy atom. The lowest BCUT2D eigenvalue weighted by molar-refractivity contribution is -0.384. The van der Waals surface area contributed by atoms with Crippen LogP contribution in [0.15, 0.2) is 42.6 Å². The number of nitrogens with zero attached hydrogens (tertiary/aromatic N) is 2. The van der Waals surface area contributed by atoms with Gasteiger partial charge in [0.1, 0.15) is 5.75 Å². The lowest BCUT2D eigenvalue weighted by atomic mass is 10.1. The highest BCUT2D eigenvalue weighted by Gasteiger charge is 2.10. The number of benzene rings is 1. The maximum atomic E-state index is 10.6. The van der Waals surface area contributed by atoms with E-state index in [4.69, 9.17) is 0 Å². The lowest BCUT2D eigenvalue weighted by Crippen LogP contribution is -1.89. The monoisotopic (exact) mass is 216 g/mol. The number of rotatable bonds is 2. The molecule has 0 radical (unpaired) electrons. The van der Waals surface area contributed by atoms with Crippen LogP contribution in [0, 0.1) is 10.1 Å². The van der Waals surface area contributed by atoms with Crippen molar-refractivity contribution in [1.29, 1.82) is 0 Å². The molecule has 0 saturated carbocycles. The third-order valence-electron chi connectivity index (χ3n) is 2.07. The second kappa shape index (κ2) is 3.98. The molecule has 0 aliphatic heterocycles. The molecule has 1 aromatic heterocycles. The number of nitro groups is 1. The van der Waals surface area contributed by atoms with Crippen molar-refractivity contribution in [3.8, 4) is 17.0 Å². The zero-order chi connectivity index (χ0) is 11.5. The first-order valence-electron chi connectivity index (χ1n) is 4.56. The number of hydrogen-bond acceptors (Lipinski definition) is 4. The molecule has 0 aliphatic rings. The average molecular weight is 216 g/mol. The normalized spacial score (nSPS) is 10.0. The minimum atomic E-state index is -0.549. The van der Waals surface area contributed by atoms with Crippen molar-refractivity contribution in [2.75, 3.05) is 0 Å². The van der Waals surface area contributed by atoms with E-state index in [1.54, 1.807) is 24.4 Å². The SMILES string of the molecule is O=[N+]([O-])c1cc(O)cc(-c2ccccn2)c1. The number of aromatic nitrogens is 1.